The predicted octanol–water partition coefficient (Wildman–Crippen LogP) is 3.07. The van der Waals surface area contributed by atoms with Gasteiger partial charge in [0, 0.05) is 11.4 Å². The average Bonchev–Trinajstić information content (AvgIpc) is 2.57. The normalized spacial score (nSPS) is 10.4. The van der Waals surface area contributed by atoms with Gasteiger partial charge in [-0.1, -0.05) is 26.7 Å². The third kappa shape index (κ3) is 7.92. The molecule has 0 saturated heterocycles. The summed E-state index contributed by atoms with van der Waals surface area (Å²) in [5.74, 6) is -0.714. The molecule has 0 heterocycles. The zero-order valence-electron chi connectivity index (χ0n) is 15.5. The molecule has 25 heavy (non-hydrogen) atoms. The van der Waals surface area contributed by atoms with Crippen molar-refractivity contribution in [3.05, 3.63) is 23.8 Å². The average molecular weight is 350 g/mol. The van der Waals surface area contributed by atoms with E-state index >= 15 is 0 Å². The Morgan fingerprint density at radius 1 is 1.00 bits per heavy atom. The Labute approximate surface area is 150 Å². The van der Waals surface area contributed by atoms with Crippen LogP contribution in [0, 0.1) is 6.92 Å². The summed E-state index contributed by atoms with van der Waals surface area (Å²) in [6.07, 6.45) is 3.56. The maximum Gasteiger partial charge on any atom is 0.325 e. The summed E-state index contributed by atoms with van der Waals surface area (Å²) in [4.78, 5) is 25.8. The zero-order chi connectivity index (χ0) is 18.7. The first-order valence-electron chi connectivity index (χ1n) is 8.90. The fraction of sp³-hybridized carbons (Fsp3) is 0.579. The van der Waals surface area contributed by atoms with Gasteiger partial charge >= 0.3 is 11.9 Å². The molecule has 0 aliphatic rings. The van der Waals surface area contributed by atoms with E-state index < -0.39 is 0 Å². The minimum Gasteiger partial charge on any atom is -0.464 e. The first kappa shape index (κ1) is 20.8. The van der Waals surface area contributed by atoms with Crippen molar-refractivity contribution in [3.63, 3.8) is 0 Å². The van der Waals surface area contributed by atoms with Crippen LogP contribution in [0.25, 0.3) is 0 Å². The minimum atomic E-state index is -0.357. The van der Waals surface area contributed by atoms with Crippen LogP contribution in [0.2, 0.25) is 0 Å². The summed E-state index contributed by atoms with van der Waals surface area (Å²) in [6, 6.07) is 5.41. The number of ether oxygens (including phenoxy) is 2. The highest BCUT2D eigenvalue weighted by atomic mass is 16.5. The Morgan fingerprint density at radius 2 is 1.52 bits per heavy atom. The van der Waals surface area contributed by atoms with Gasteiger partial charge in [-0.2, -0.15) is 0 Å². The van der Waals surface area contributed by atoms with Crippen molar-refractivity contribution in [2.24, 2.45) is 0 Å². The Balaban J connectivity index is 2.76. The summed E-state index contributed by atoms with van der Waals surface area (Å²) in [5.41, 5.74) is 8.15. The molecule has 0 unspecified atom stereocenters. The van der Waals surface area contributed by atoms with E-state index in [0.717, 1.165) is 36.9 Å². The number of carbonyl (C=O) groups is 2. The Bertz CT molecular complexity index is 536. The van der Waals surface area contributed by atoms with E-state index in [0.29, 0.717) is 18.9 Å². The minimum absolute atomic E-state index is 0.00402. The van der Waals surface area contributed by atoms with Gasteiger partial charge in [0.15, 0.2) is 0 Å². The largest absolute Gasteiger partial charge is 0.464 e. The van der Waals surface area contributed by atoms with Crippen LogP contribution in [0.1, 0.15) is 45.1 Å². The van der Waals surface area contributed by atoms with Crippen LogP contribution in [-0.2, 0) is 19.1 Å². The second-order valence-electron chi connectivity index (χ2n) is 6.05. The molecule has 0 bridgehead atoms. The van der Waals surface area contributed by atoms with E-state index in [4.69, 9.17) is 15.2 Å². The molecule has 0 radical (unpaired) electrons. The number of hydrogen-bond acceptors (Lipinski definition) is 6. The number of hydrogen-bond donors (Lipinski definition) is 1. The molecule has 1 aromatic rings. The summed E-state index contributed by atoms with van der Waals surface area (Å²) in [6.45, 7) is 6.73. The quantitative estimate of drug-likeness (QED) is 0.375. The second-order valence-corrected chi connectivity index (χ2v) is 6.05. The molecule has 0 amide bonds. The molecule has 6 heteroatoms. The molecule has 0 fully saturated rings. The van der Waals surface area contributed by atoms with Crippen LogP contribution in [0.4, 0.5) is 11.4 Å². The van der Waals surface area contributed by atoms with Gasteiger partial charge in [0.2, 0.25) is 0 Å². The van der Waals surface area contributed by atoms with Crippen molar-refractivity contribution >= 4 is 23.3 Å². The van der Waals surface area contributed by atoms with E-state index in [2.05, 4.69) is 0 Å². The molecule has 6 nitrogen and oxygen atoms in total. The monoisotopic (exact) mass is 350 g/mol. The zero-order valence-corrected chi connectivity index (χ0v) is 15.5. The number of esters is 2. The highest BCUT2D eigenvalue weighted by molar-refractivity contribution is 5.81. The van der Waals surface area contributed by atoms with Crippen LogP contribution >= 0.6 is 0 Å². The summed E-state index contributed by atoms with van der Waals surface area (Å²) < 4.78 is 10.4. The highest BCUT2D eigenvalue weighted by Gasteiger charge is 2.17. The van der Waals surface area contributed by atoms with Crippen molar-refractivity contribution in [3.8, 4) is 0 Å². The number of nitrogen functional groups attached to an aromatic ring is 1. The molecule has 0 spiro atoms. The van der Waals surface area contributed by atoms with Crippen molar-refractivity contribution in [2.75, 3.05) is 36.9 Å². The molecular formula is C19H30N2O4. The Hall–Kier alpha value is -2.24. The lowest BCUT2D eigenvalue weighted by atomic mass is 10.1. The van der Waals surface area contributed by atoms with Crippen LogP contribution in [0.15, 0.2) is 18.2 Å². The number of carbonyl (C=O) groups excluding carboxylic acids is 2. The van der Waals surface area contributed by atoms with E-state index in [9.17, 15) is 9.59 Å². The summed E-state index contributed by atoms with van der Waals surface area (Å²) >= 11 is 0. The van der Waals surface area contributed by atoms with E-state index in [1.165, 1.54) is 0 Å². The molecule has 0 aliphatic carbocycles. The number of unbranched alkanes of at least 4 members (excludes halogenated alkanes) is 2. The van der Waals surface area contributed by atoms with Gasteiger partial charge in [0.25, 0.3) is 0 Å². The first-order valence-corrected chi connectivity index (χ1v) is 8.90. The van der Waals surface area contributed by atoms with Gasteiger partial charge in [0.05, 0.1) is 13.2 Å². The molecule has 0 atom stereocenters. The Kier molecular flexibility index (Phi) is 9.43. The van der Waals surface area contributed by atoms with E-state index in [-0.39, 0.29) is 25.0 Å². The first-order chi connectivity index (χ1) is 12.0. The molecule has 0 saturated carbocycles. The molecule has 140 valence electrons. The molecule has 0 aliphatic heterocycles. The molecular weight excluding hydrogens is 320 g/mol. The van der Waals surface area contributed by atoms with E-state index in [1.54, 1.807) is 17.0 Å². The van der Waals surface area contributed by atoms with Crippen LogP contribution in [-0.4, -0.2) is 38.2 Å². The molecule has 1 aromatic carbocycles. The van der Waals surface area contributed by atoms with Gasteiger partial charge in [-0.25, -0.2) is 0 Å². The van der Waals surface area contributed by atoms with Crippen molar-refractivity contribution in [1.82, 2.24) is 0 Å². The maximum atomic E-state index is 12.1. The fourth-order valence-corrected chi connectivity index (χ4v) is 2.16. The molecule has 2 N–H and O–H groups in total. The predicted molar refractivity (Wildman–Crippen MR) is 99.5 cm³/mol. The number of benzene rings is 1. The van der Waals surface area contributed by atoms with Crippen molar-refractivity contribution in [2.45, 2.75) is 46.5 Å². The lowest BCUT2D eigenvalue weighted by Gasteiger charge is -2.23. The summed E-state index contributed by atoms with van der Waals surface area (Å²) in [5, 5.41) is 0. The number of rotatable bonds is 11. The standard InChI is InChI=1S/C19H30N2O4/c1-4-6-10-24-18(22)13-21(14-19(23)25-11-7-5-2)16-8-9-17(20)15(3)12-16/h8-9,12H,4-7,10-11,13-14,20H2,1-3H3. The number of nitrogens with zero attached hydrogens (tertiary/aromatic N) is 1. The third-order valence-electron chi connectivity index (χ3n) is 3.78. The molecule has 0 aromatic heterocycles. The topological polar surface area (TPSA) is 81.9 Å². The fourth-order valence-electron chi connectivity index (χ4n) is 2.16. The van der Waals surface area contributed by atoms with Gasteiger partial charge in [-0.3, -0.25) is 9.59 Å². The highest BCUT2D eigenvalue weighted by Crippen LogP contribution is 2.20. The van der Waals surface area contributed by atoms with Gasteiger partial charge in [0.1, 0.15) is 13.1 Å². The SMILES string of the molecule is CCCCOC(=O)CN(CC(=O)OCCCC)c1ccc(N)c(C)c1. The van der Waals surface area contributed by atoms with Crippen molar-refractivity contribution < 1.29 is 19.1 Å². The smallest absolute Gasteiger partial charge is 0.325 e. The number of nitrogens with two attached hydrogens (primary N) is 1. The number of aryl methyl sites for hydroxylation is 1. The Morgan fingerprint density at radius 3 is 1.96 bits per heavy atom. The van der Waals surface area contributed by atoms with Crippen molar-refractivity contribution in [1.29, 1.82) is 0 Å². The second kappa shape index (κ2) is 11.3. The van der Waals surface area contributed by atoms with Gasteiger partial charge < -0.3 is 20.1 Å². The van der Waals surface area contributed by atoms with Gasteiger partial charge in [-0.05, 0) is 43.5 Å². The lowest BCUT2D eigenvalue weighted by molar-refractivity contribution is -0.143. The number of anilines is 2. The van der Waals surface area contributed by atoms with Crippen LogP contribution < -0.4 is 10.6 Å². The van der Waals surface area contributed by atoms with Crippen LogP contribution in [0.5, 0.6) is 0 Å². The maximum absolute atomic E-state index is 12.1. The van der Waals surface area contributed by atoms with Gasteiger partial charge in [-0.15, -0.1) is 0 Å². The third-order valence-corrected chi connectivity index (χ3v) is 3.78. The lowest BCUT2D eigenvalue weighted by Crippen LogP contribution is -2.36. The summed E-state index contributed by atoms with van der Waals surface area (Å²) in [7, 11) is 0. The van der Waals surface area contributed by atoms with E-state index in [1.807, 2.05) is 26.8 Å². The van der Waals surface area contributed by atoms with Crippen LogP contribution in [0.3, 0.4) is 0 Å². The molecule has 1 rings (SSSR count).